The van der Waals surface area contributed by atoms with Crippen LogP contribution in [0, 0.1) is 6.92 Å². The lowest BCUT2D eigenvalue weighted by molar-refractivity contribution is -0.151. The lowest BCUT2D eigenvalue weighted by Gasteiger charge is -2.21. The van der Waals surface area contributed by atoms with Crippen molar-refractivity contribution < 1.29 is 17.7 Å². The molecule has 5 heteroatoms. The van der Waals surface area contributed by atoms with Gasteiger partial charge < -0.3 is 4.52 Å². The van der Waals surface area contributed by atoms with E-state index in [-0.39, 0.29) is 0 Å². The molecule has 0 N–H and O–H groups in total. The minimum absolute atomic E-state index is 0.779. The van der Waals surface area contributed by atoms with Crippen molar-refractivity contribution in [3.8, 4) is 0 Å². The molecule has 0 radical (unpaired) electrons. The average Bonchev–Trinajstić information content (AvgIpc) is 2.41. The minimum Gasteiger partial charge on any atom is -0.340 e. The zero-order valence-corrected chi connectivity index (χ0v) is 11.8. The average molecular weight is 298 g/mol. The SMILES string of the molecule is Cc1ccccc1P(OCC(F)(F)F)c1ccccc1. The van der Waals surface area contributed by atoms with Gasteiger partial charge in [-0.1, -0.05) is 54.6 Å². The third-order valence-electron chi connectivity index (χ3n) is 2.68. The number of hydrogen-bond acceptors (Lipinski definition) is 1. The number of benzene rings is 2. The highest BCUT2D eigenvalue weighted by Gasteiger charge is 2.30. The molecule has 1 unspecified atom stereocenters. The van der Waals surface area contributed by atoms with Gasteiger partial charge in [-0.25, -0.2) is 0 Å². The topological polar surface area (TPSA) is 9.23 Å². The summed E-state index contributed by atoms with van der Waals surface area (Å²) >= 11 is 0. The van der Waals surface area contributed by atoms with Crippen molar-refractivity contribution >= 4 is 18.8 Å². The van der Waals surface area contributed by atoms with E-state index in [1.165, 1.54) is 0 Å². The maximum Gasteiger partial charge on any atom is 0.412 e. The van der Waals surface area contributed by atoms with Gasteiger partial charge in [-0.2, -0.15) is 13.2 Å². The Morgan fingerprint density at radius 1 is 0.950 bits per heavy atom. The number of aryl methyl sites for hydroxylation is 1. The van der Waals surface area contributed by atoms with Gasteiger partial charge in [0, 0.05) is 10.6 Å². The third-order valence-corrected chi connectivity index (χ3v) is 4.78. The van der Waals surface area contributed by atoms with E-state index in [9.17, 15) is 13.2 Å². The first-order valence-corrected chi connectivity index (χ1v) is 7.34. The molecule has 1 atom stereocenters. The highest BCUT2D eigenvalue weighted by Crippen LogP contribution is 2.37. The molecular formula is C15H14F3OP. The first-order chi connectivity index (χ1) is 9.47. The Balaban J connectivity index is 2.32. The normalized spacial score (nSPS) is 13.2. The van der Waals surface area contributed by atoms with E-state index in [0.717, 1.165) is 16.2 Å². The lowest BCUT2D eigenvalue weighted by Crippen LogP contribution is -2.22. The van der Waals surface area contributed by atoms with Crippen LogP contribution in [0.3, 0.4) is 0 Å². The van der Waals surface area contributed by atoms with Crippen molar-refractivity contribution in [2.45, 2.75) is 13.1 Å². The molecule has 0 aromatic heterocycles. The molecule has 2 aromatic rings. The quantitative estimate of drug-likeness (QED) is 0.777. The van der Waals surface area contributed by atoms with Gasteiger partial charge in [0.2, 0.25) is 0 Å². The molecule has 0 heterocycles. The molecule has 20 heavy (non-hydrogen) atoms. The van der Waals surface area contributed by atoms with Crippen LogP contribution in [0.15, 0.2) is 54.6 Å². The highest BCUT2D eigenvalue weighted by molar-refractivity contribution is 7.68. The Kier molecular flexibility index (Phi) is 4.79. The van der Waals surface area contributed by atoms with Gasteiger partial charge in [-0.3, -0.25) is 0 Å². The second kappa shape index (κ2) is 6.38. The van der Waals surface area contributed by atoms with Gasteiger partial charge in [0.25, 0.3) is 0 Å². The van der Waals surface area contributed by atoms with Crippen LogP contribution in [-0.4, -0.2) is 12.8 Å². The summed E-state index contributed by atoms with van der Waals surface area (Å²) in [6.45, 7) is 0.645. The number of halogens is 3. The fourth-order valence-corrected chi connectivity index (χ4v) is 3.68. The van der Waals surface area contributed by atoms with Crippen LogP contribution in [0.2, 0.25) is 0 Å². The largest absolute Gasteiger partial charge is 0.412 e. The molecule has 0 saturated heterocycles. The van der Waals surface area contributed by atoms with Crippen molar-refractivity contribution in [2.75, 3.05) is 6.61 Å². The Bertz CT molecular complexity index is 555. The zero-order valence-electron chi connectivity index (χ0n) is 10.9. The van der Waals surface area contributed by atoms with Crippen LogP contribution in [0.5, 0.6) is 0 Å². The van der Waals surface area contributed by atoms with Gasteiger partial charge in [-0.15, -0.1) is 0 Å². The van der Waals surface area contributed by atoms with Gasteiger partial charge in [0.15, 0.2) is 0 Å². The smallest absolute Gasteiger partial charge is 0.340 e. The summed E-state index contributed by atoms with van der Waals surface area (Å²) in [6.07, 6.45) is -4.32. The maximum absolute atomic E-state index is 12.4. The molecule has 0 aliphatic rings. The van der Waals surface area contributed by atoms with E-state index in [1.54, 1.807) is 24.3 Å². The van der Waals surface area contributed by atoms with Crippen LogP contribution >= 0.6 is 8.15 Å². The van der Waals surface area contributed by atoms with Crippen LogP contribution in [0.1, 0.15) is 5.56 Å². The standard InChI is InChI=1S/C15H14F3OP/c1-12-7-5-6-10-14(12)20(19-11-15(16,17)18)13-8-3-2-4-9-13/h2-10H,11H2,1H3. The van der Waals surface area contributed by atoms with E-state index in [4.69, 9.17) is 4.52 Å². The zero-order chi connectivity index (χ0) is 14.6. The maximum atomic E-state index is 12.4. The second-order valence-electron chi connectivity index (χ2n) is 4.31. The molecule has 0 saturated carbocycles. The Hall–Kier alpha value is -1.38. The molecule has 1 nitrogen and oxygen atoms in total. The lowest BCUT2D eigenvalue weighted by atomic mass is 10.2. The van der Waals surface area contributed by atoms with Gasteiger partial charge in [-0.05, 0) is 12.5 Å². The van der Waals surface area contributed by atoms with Gasteiger partial charge in [0.1, 0.15) is 6.61 Å². The van der Waals surface area contributed by atoms with E-state index in [0.29, 0.717) is 0 Å². The molecule has 2 aromatic carbocycles. The van der Waals surface area contributed by atoms with E-state index in [2.05, 4.69) is 0 Å². The van der Waals surface area contributed by atoms with Crippen LogP contribution in [0.25, 0.3) is 0 Å². The van der Waals surface area contributed by atoms with Crippen molar-refractivity contribution in [1.29, 1.82) is 0 Å². The number of alkyl halides is 3. The summed E-state index contributed by atoms with van der Waals surface area (Å²) in [5, 5.41) is 1.60. The highest BCUT2D eigenvalue weighted by atomic mass is 31.1. The molecule has 0 aliphatic carbocycles. The summed E-state index contributed by atoms with van der Waals surface area (Å²) < 4.78 is 42.5. The first kappa shape index (κ1) is 15.0. The summed E-state index contributed by atoms with van der Waals surface area (Å²) in [4.78, 5) is 0. The van der Waals surface area contributed by atoms with E-state index in [1.807, 2.05) is 37.3 Å². The fourth-order valence-electron chi connectivity index (χ4n) is 1.78. The molecular weight excluding hydrogens is 284 g/mol. The number of rotatable bonds is 4. The molecule has 0 aliphatic heterocycles. The van der Waals surface area contributed by atoms with E-state index >= 15 is 0 Å². The van der Waals surface area contributed by atoms with Crippen LogP contribution in [0.4, 0.5) is 13.2 Å². The Labute approximate surface area is 117 Å². The minimum atomic E-state index is -4.32. The molecule has 0 fully saturated rings. The van der Waals surface area contributed by atoms with Crippen LogP contribution < -0.4 is 10.6 Å². The monoisotopic (exact) mass is 298 g/mol. The molecule has 106 valence electrons. The Morgan fingerprint density at radius 3 is 2.15 bits per heavy atom. The predicted octanol–water partition coefficient (Wildman–Crippen LogP) is 3.92. The van der Waals surface area contributed by atoms with Crippen molar-refractivity contribution in [3.05, 3.63) is 60.2 Å². The summed E-state index contributed by atoms with van der Waals surface area (Å²) in [6, 6.07) is 16.4. The second-order valence-corrected chi connectivity index (χ2v) is 6.15. The Morgan fingerprint density at radius 2 is 1.55 bits per heavy atom. The first-order valence-electron chi connectivity index (χ1n) is 6.08. The molecule has 0 amide bonds. The third kappa shape index (κ3) is 4.06. The molecule has 2 rings (SSSR count). The summed E-state index contributed by atoms with van der Waals surface area (Å²) in [5.41, 5.74) is 0.935. The summed E-state index contributed by atoms with van der Waals surface area (Å²) in [7, 11) is -1.46. The van der Waals surface area contributed by atoms with Crippen molar-refractivity contribution in [1.82, 2.24) is 0 Å². The van der Waals surface area contributed by atoms with Crippen molar-refractivity contribution in [2.24, 2.45) is 0 Å². The summed E-state index contributed by atoms with van der Waals surface area (Å²) in [5.74, 6) is 0. The number of hydrogen-bond donors (Lipinski definition) is 0. The molecule has 0 bridgehead atoms. The van der Waals surface area contributed by atoms with E-state index < -0.39 is 20.9 Å². The predicted molar refractivity (Wildman–Crippen MR) is 75.8 cm³/mol. The van der Waals surface area contributed by atoms with Gasteiger partial charge >= 0.3 is 6.18 Å². The fraction of sp³-hybridized carbons (Fsp3) is 0.200. The van der Waals surface area contributed by atoms with Crippen molar-refractivity contribution in [3.63, 3.8) is 0 Å². The van der Waals surface area contributed by atoms with Crippen LogP contribution in [-0.2, 0) is 4.52 Å². The van der Waals surface area contributed by atoms with Gasteiger partial charge in [0.05, 0.1) is 8.15 Å². The molecule has 0 spiro atoms.